The summed E-state index contributed by atoms with van der Waals surface area (Å²) in [6.07, 6.45) is 0. The standard InChI is InChI=1S/C17H23NO2S/c1-13-10-18(11-14(2)21-13)12-16-9-15(5-4-8-19)6-7-17(16)20-3/h6-7,9,13-14,19H,8,10-12H2,1-3H3. The van der Waals surface area contributed by atoms with Gasteiger partial charge >= 0.3 is 0 Å². The van der Waals surface area contributed by atoms with Crippen molar-refractivity contribution in [3.63, 3.8) is 0 Å². The second-order valence-corrected chi connectivity index (χ2v) is 7.32. The van der Waals surface area contributed by atoms with Gasteiger partial charge in [0.25, 0.3) is 0 Å². The van der Waals surface area contributed by atoms with E-state index in [1.807, 2.05) is 12.1 Å². The average molecular weight is 305 g/mol. The Kier molecular flexibility index (Phi) is 5.98. The molecule has 0 radical (unpaired) electrons. The van der Waals surface area contributed by atoms with Gasteiger partial charge in [0.1, 0.15) is 12.4 Å². The van der Waals surface area contributed by atoms with Gasteiger partial charge < -0.3 is 9.84 Å². The molecule has 0 bridgehead atoms. The van der Waals surface area contributed by atoms with E-state index in [0.717, 1.165) is 36.5 Å². The second kappa shape index (κ2) is 7.74. The Morgan fingerprint density at radius 1 is 1.33 bits per heavy atom. The lowest BCUT2D eigenvalue weighted by Gasteiger charge is -2.34. The first kappa shape index (κ1) is 16.2. The van der Waals surface area contributed by atoms with Crippen molar-refractivity contribution in [3.05, 3.63) is 29.3 Å². The number of nitrogens with zero attached hydrogens (tertiary/aromatic N) is 1. The number of ether oxygens (including phenoxy) is 1. The summed E-state index contributed by atoms with van der Waals surface area (Å²) in [4.78, 5) is 2.48. The molecule has 0 aromatic heterocycles. The van der Waals surface area contributed by atoms with Crippen molar-refractivity contribution in [2.45, 2.75) is 30.9 Å². The quantitative estimate of drug-likeness (QED) is 0.869. The summed E-state index contributed by atoms with van der Waals surface area (Å²) in [7, 11) is 1.70. The first-order chi connectivity index (χ1) is 10.1. The van der Waals surface area contributed by atoms with Gasteiger partial charge in [0.15, 0.2) is 0 Å². The van der Waals surface area contributed by atoms with Gasteiger partial charge in [0.2, 0.25) is 0 Å². The van der Waals surface area contributed by atoms with Crippen LogP contribution in [0.3, 0.4) is 0 Å². The number of aliphatic hydroxyl groups is 1. The molecule has 1 saturated heterocycles. The third-order valence-electron chi connectivity index (χ3n) is 3.48. The molecule has 114 valence electrons. The molecule has 3 nitrogen and oxygen atoms in total. The number of methoxy groups -OCH3 is 1. The normalized spacial score (nSPS) is 22.5. The molecule has 1 aromatic carbocycles. The molecule has 1 aromatic rings. The molecule has 0 spiro atoms. The number of thioether (sulfide) groups is 1. The smallest absolute Gasteiger partial charge is 0.123 e. The maximum atomic E-state index is 8.81. The fraction of sp³-hybridized carbons (Fsp3) is 0.529. The van der Waals surface area contributed by atoms with Crippen LogP contribution in [0.25, 0.3) is 0 Å². The van der Waals surface area contributed by atoms with Gasteiger partial charge in [-0.2, -0.15) is 11.8 Å². The highest BCUT2D eigenvalue weighted by Crippen LogP contribution is 2.28. The third kappa shape index (κ3) is 4.67. The van der Waals surface area contributed by atoms with Crippen LogP contribution in [0.1, 0.15) is 25.0 Å². The van der Waals surface area contributed by atoms with E-state index in [9.17, 15) is 0 Å². The minimum absolute atomic E-state index is 0.111. The molecule has 4 heteroatoms. The van der Waals surface area contributed by atoms with Gasteiger partial charge in [-0.1, -0.05) is 25.7 Å². The Balaban J connectivity index is 2.16. The lowest BCUT2D eigenvalue weighted by Crippen LogP contribution is -2.39. The van der Waals surface area contributed by atoms with E-state index in [1.54, 1.807) is 7.11 Å². The van der Waals surface area contributed by atoms with Crippen molar-refractivity contribution in [2.75, 3.05) is 26.8 Å². The van der Waals surface area contributed by atoms with Gasteiger partial charge in [0.05, 0.1) is 7.11 Å². The van der Waals surface area contributed by atoms with E-state index in [2.05, 4.69) is 48.4 Å². The first-order valence-electron chi connectivity index (χ1n) is 7.27. The Morgan fingerprint density at radius 3 is 2.67 bits per heavy atom. The molecule has 1 fully saturated rings. The number of aliphatic hydroxyl groups excluding tert-OH is 1. The van der Waals surface area contributed by atoms with Crippen LogP contribution < -0.4 is 4.74 Å². The number of benzene rings is 1. The molecule has 2 atom stereocenters. The molecule has 2 unspecified atom stereocenters. The van der Waals surface area contributed by atoms with Crippen LogP contribution in [0.2, 0.25) is 0 Å². The van der Waals surface area contributed by atoms with Gasteiger partial charge in [-0.25, -0.2) is 0 Å². The molecule has 0 amide bonds. The minimum Gasteiger partial charge on any atom is -0.496 e. The first-order valence-corrected chi connectivity index (χ1v) is 8.21. The molecule has 21 heavy (non-hydrogen) atoms. The van der Waals surface area contributed by atoms with Gasteiger partial charge in [-0.15, -0.1) is 0 Å². The summed E-state index contributed by atoms with van der Waals surface area (Å²) in [6, 6.07) is 5.96. The average Bonchev–Trinajstić information content (AvgIpc) is 2.44. The molecule has 2 rings (SSSR count). The van der Waals surface area contributed by atoms with E-state index in [0.29, 0.717) is 10.5 Å². The third-order valence-corrected chi connectivity index (χ3v) is 4.71. The number of rotatable bonds is 3. The summed E-state index contributed by atoms with van der Waals surface area (Å²) in [6.45, 7) is 7.55. The SMILES string of the molecule is COc1ccc(C#CCO)cc1CN1CC(C)SC(C)C1. The van der Waals surface area contributed by atoms with E-state index in [1.165, 1.54) is 0 Å². The Bertz CT molecular complexity index is 525. The maximum Gasteiger partial charge on any atom is 0.123 e. The van der Waals surface area contributed by atoms with Gasteiger partial charge in [0, 0.05) is 41.3 Å². The lowest BCUT2D eigenvalue weighted by molar-refractivity contribution is 0.258. The van der Waals surface area contributed by atoms with Crippen LogP contribution >= 0.6 is 11.8 Å². The zero-order valence-corrected chi connectivity index (χ0v) is 13.7. The molecular weight excluding hydrogens is 282 g/mol. The number of hydrogen-bond acceptors (Lipinski definition) is 4. The highest BCUT2D eigenvalue weighted by atomic mass is 32.2. The van der Waals surface area contributed by atoms with Crippen LogP contribution in [0.15, 0.2) is 18.2 Å². The van der Waals surface area contributed by atoms with Crippen molar-refractivity contribution in [3.8, 4) is 17.6 Å². The highest BCUT2D eigenvalue weighted by molar-refractivity contribution is 8.00. The van der Waals surface area contributed by atoms with Crippen LogP contribution in [-0.4, -0.2) is 47.3 Å². The predicted octanol–water partition coefficient (Wildman–Crippen LogP) is 2.36. The van der Waals surface area contributed by atoms with Crippen LogP contribution in [0, 0.1) is 11.8 Å². The van der Waals surface area contributed by atoms with Crippen molar-refractivity contribution in [2.24, 2.45) is 0 Å². The molecule has 1 aliphatic heterocycles. The van der Waals surface area contributed by atoms with Gasteiger partial charge in [-0.05, 0) is 18.2 Å². The van der Waals surface area contributed by atoms with Gasteiger partial charge in [-0.3, -0.25) is 4.90 Å². The largest absolute Gasteiger partial charge is 0.496 e. The van der Waals surface area contributed by atoms with Crippen LogP contribution in [0.5, 0.6) is 5.75 Å². The summed E-state index contributed by atoms with van der Waals surface area (Å²) in [5.74, 6) is 6.56. The minimum atomic E-state index is -0.111. The maximum absolute atomic E-state index is 8.81. The molecular formula is C17H23NO2S. The second-order valence-electron chi connectivity index (χ2n) is 5.44. The molecule has 1 aliphatic rings. The van der Waals surface area contributed by atoms with Crippen LogP contribution in [-0.2, 0) is 6.54 Å². The molecule has 0 aliphatic carbocycles. The van der Waals surface area contributed by atoms with E-state index in [4.69, 9.17) is 9.84 Å². The van der Waals surface area contributed by atoms with Crippen molar-refractivity contribution in [1.29, 1.82) is 0 Å². The Morgan fingerprint density at radius 2 is 2.05 bits per heavy atom. The highest BCUT2D eigenvalue weighted by Gasteiger charge is 2.23. The van der Waals surface area contributed by atoms with Crippen LogP contribution in [0.4, 0.5) is 0 Å². The van der Waals surface area contributed by atoms with E-state index in [-0.39, 0.29) is 6.61 Å². The van der Waals surface area contributed by atoms with E-state index >= 15 is 0 Å². The predicted molar refractivity (Wildman–Crippen MR) is 88.7 cm³/mol. The van der Waals surface area contributed by atoms with E-state index < -0.39 is 0 Å². The summed E-state index contributed by atoms with van der Waals surface area (Å²) < 4.78 is 5.47. The fourth-order valence-electron chi connectivity index (χ4n) is 2.78. The van der Waals surface area contributed by atoms with Crippen molar-refractivity contribution >= 4 is 11.8 Å². The topological polar surface area (TPSA) is 32.7 Å². The molecule has 1 heterocycles. The summed E-state index contributed by atoms with van der Waals surface area (Å²) in [5, 5.41) is 10.1. The zero-order valence-electron chi connectivity index (χ0n) is 12.9. The summed E-state index contributed by atoms with van der Waals surface area (Å²) in [5.41, 5.74) is 2.08. The Labute approximate surface area is 131 Å². The fourth-order valence-corrected chi connectivity index (χ4v) is 4.16. The van der Waals surface area contributed by atoms with Crippen molar-refractivity contribution < 1.29 is 9.84 Å². The molecule has 1 N–H and O–H groups in total. The Hall–Kier alpha value is -1.15. The summed E-state index contributed by atoms with van der Waals surface area (Å²) >= 11 is 2.06. The number of hydrogen-bond donors (Lipinski definition) is 1. The van der Waals surface area contributed by atoms with Crippen molar-refractivity contribution in [1.82, 2.24) is 4.90 Å². The monoisotopic (exact) mass is 305 g/mol. The molecule has 0 saturated carbocycles. The zero-order chi connectivity index (χ0) is 15.2. The lowest BCUT2D eigenvalue weighted by atomic mass is 10.1.